The summed E-state index contributed by atoms with van der Waals surface area (Å²) in [7, 11) is 0. The summed E-state index contributed by atoms with van der Waals surface area (Å²) in [5.74, 6) is -0.308. The first-order valence-corrected chi connectivity index (χ1v) is 31.4. The van der Waals surface area contributed by atoms with E-state index in [1.165, 1.54) is 0 Å². The molecule has 1 amide bonds. The highest BCUT2D eigenvalue weighted by Gasteiger charge is 2.53. The van der Waals surface area contributed by atoms with E-state index in [0.717, 1.165) is 116 Å². The molecule has 0 aromatic rings. The number of ether oxygens (including phenoxy) is 6. The molecular formula is C67H107NO18. The Morgan fingerprint density at radius 3 is 1.24 bits per heavy atom. The zero-order valence-electron chi connectivity index (χ0n) is 51.0. The van der Waals surface area contributed by atoms with Crippen LogP contribution in [0, 0.1) is 0 Å². The molecule has 3 heterocycles. The van der Waals surface area contributed by atoms with Gasteiger partial charge in [0.25, 0.3) is 0 Å². The van der Waals surface area contributed by atoms with E-state index in [0.29, 0.717) is 12.8 Å². The molecule has 488 valence electrons. The highest BCUT2D eigenvalue weighted by molar-refractivity contribution is 5.76. The van der Waals surface area contributed by atoms with E-state index in [9.17, 15) is 61.0 Å². The van der Waals surface area contributed by atoms with Crippen LogP contribution in [0.1, 0.15) is 149 Å². The van der Waals surface area contributed by atoms with Gasteiger partial charge in [-0.25, -0.2) is 0 Å². The molecular weight excluding hydrogens is 1110 g/mol. The van der Waals surface area contributed by atoms with Crippen molar-refractivity contribution in [2.75, 3.05) is 26.4 Å². The van der Waals surface area contributed by atoms with Gasteiger partial charge in [-0.1, -0.05) is 186 Å². The highest BCUT2D eigenvalue weighted by atomic mass is 16.8. The SMILES string of the molecule is CC/C=C\C/C=C\C/C=C\C/C=C\C/C=C\C/C=C\C/C=C\C/C=C\C/C=C\C/C=C\CCCCCCCCC(=O)NC(COC1OC(CO)C(OC2OC(CO)C(OC3OC(CO)C(O)C(O)C3O)C(O)C2O)C(O)C1O)C(O)/C=C/CCCC. The normalized spacial score (nSPS) is 29.7. The second-order valence-corrected chi connectivity index (χ2v) is 21.8. The molecule has 0 bridgehead atoms. The Hall–Kier alpha value is -4.07. The number of hydrogen-bond acceptors (Lipinski definition) is 18. The van der Waals surface area contributed by atoms with Crippen LogP contribution in [0.3, 0.4) is 0 Å². The van der Waals surface area contributed by atoms with Crippen molar-refractivity contribution in [1.82, 2.24) is 5.32 Å². The summed E-state index contributed by atoms with van der Waals surface area (Å²) in [6.45, 7) is 1.38. The maximum absolute atomic E-state index is 13.2. The average molecular weight is 1210 g/mol. The van der Waals surface area contributed by atoms with Crippen molar-refractivity contribution < 1.29 is 89.4 Å². The zero-order valence-corrected chi connectivity index (χ0v) is 51.0. The lowest BCUT2D eigenvalue weighted by molar-refractivity contribution is -0.379. The molecule has 0 aromatic heterocycles. The van der Waals surface area contributed by atoms with Gasteiger partial charge in [-0.15, -0.1) is 0 Å². The largest absolute Gasteiger partial charge is 0.394 e. The number of carbonyl (C=O) groups excluding carboxylic acids is 1. The first-order chi connectivity index (χ1) is 41.8. The van der Waals surface area contributed by atoms with Gasteiger partial charge in [0.05, 0.1) is 38.6 Å². The van der Waals surface area contributed by atoms with Crippen molar-refractivity contribution in [3.63, 3.8) is 0 Å². The fourth-order valence-electron chi connectivity index (χ4n) is 9.55. The number of amides is 1. The molecule has 3 rings (SSSR count). The minimum Gasteiger partial charge on any atom is -0.394 e. The first-order valence-electron chi connectivity index (χ1n) is 31.4. The molecule has 3 fully saturated rings. The van der Waals surface area contributed by atoms with Crippen molar-refractivity contribution in [1.29, 1.82) is 0 Å². The maximum Gasteiger partial charge on any atom is 0.220 e. The second kappa shape index (κ2) is 47.9. The zero-order chi connectivity index (χ0) is 62.6. The van der Waals surface area contributed by atoms with Crippen LogP contribution in [0.25, 0.3) is 0 Å². The van der Waals surface area contributed by atoms with E-state index in [-0.39, 0.29) is 18.9 Å². The summed E-state index contributed by atoms with van der Waals surface area (Å²) < 4.78 is 34.0. The number of aliphatic hydroxyl groups excluding tert-OH is 11. The Morgan fingerprint density at radius 2 is 0.802 bits per heavy atom. The lowest BCUT2D eigenvalue weighted by Gasteiger charge is -2.48. The lowest BCUT2D eigenvalue weighted by Crippen LogP contribution is -2.66. The third kappa shape index (κ3) is 30.4. The summed E-state index contributed by atoms with van der Waals surface area (Å²) in [5, 5.41) is 119. The van der Waals surface area contributed by atoms with Gasteiger partial charge < -0.3 is 89.9 Å². The monoisotopic (exact) mass is 1210 g/mol. The van der Waals surface area contributed by atoms with E-state index in [1.54, 1.807) is 12.2 Å². The molecule has 86 heavy (non-hydrogen) atoms. The quantitative estimate of drug-likeness (QED) is 0.0225. The Bertz CT molecular complexity index is 2080. The Balaban J connectivity index is 1.29. The van der Waals surface area contributed by atoms with Crippen molar-refractivity contribution in [2.45, 2.75) is 253 Å². The number of carbonyl (C=O) groups is 1. The molecule has 12 N–H and O–H groups in total. The van der Waals surface area contributed by atoms with E-state index in [1.807, 2.05) is 6.92 Å². The summed E-state index contributed by atoms with van der Waals surface area (Å²) in [6.07, 6.45) is 39.8. The van der Waals surface area contributed by atoms with E-state index >= 15 is 0 Å². The van der Waals surface area contributed by atoms with Gasteiger partial charge in [0, 0.05) is 6.42 Å². The topological polar surface area (TPSA) is 307 Å². The van der Waals surface area contributed by atoms with E-state index in [4.69, 9.17) is 28.4 Å². The lowest BCUT2D eigenvalue weighted by atomic mass is 9.96. The predicted molar refractivity (Wildman–Crippen MR) is 332 cm³/mol. The van der Waals surface area contributed by atoms with Gasteiger partial charge in [0.1, 0.15) is 73.2 Å². The van der Waals surface area contributed by atoms with E-state index < -0.39 is 124 Å². The highest BCUT2D eigenvalue weighted by Crippen LogP contribution is 2.33. The molecule has 3 saturated heterocycles. The summed E-state index contributed by atoms with van der Waals surface area (Å²) in [4.78, 5) is 13.2. The molecule has 19 nitrogen and oxygen atoms in total. The fraction of sp³-hybridized carbons (Fsp3) is 0.657. The van der Waals surface area contributed by atoms with Gasteiger partial charge in [0.15, 0.2) is 18.9 Å². The number of allylic oxidation sites excluding steroid dienone is 21. The Kier molecular flexibility index (Phi) is 42.4. The number of aliphatic hydroxyl groups is 11. The Labute approximate surface area is 511 Å². The average Bonchev–Trinajstić information content (AvgIpc) is 1.41. The minimum absolute atomic E-state index is 0.214. The van der Waals surface area contributed by atoms with Crippen LogP contribution in [-0.4, -0.2) is 193 Å². The number of rotatable bonds is 44. The third-order valence-electron chi connectivity index (χ3n) is 14.7. The predicted octanol–water partition coefficient (Wildman–Crippen LogP) is 6.65. The standard InChI is InChI=1S/C67H107NO18/c1-3-5-7-9-10-11-12-13-14-15-16-17-18-19-20-21-22-23-24-25-26-27-28-29-30-31-32-33-34-35-36-37-38-39-40-41-43-45-55(73)68-50(51(72)44-42-8-6-4-2)49-81-65-61(79)58(76)63(53(47-70)83-65)86-67-62(80)59(77)64(54(48-71)84-67)85-66-60(78)57(75)56(74)52(46-69)82-66/h5,7,10-11,13-14,16-17,19-20,22-23,25-26,28-29,31-32,34-35,42,44,50-54,56-67,69-72,74-80H,3-4,6,8-9,12,15,18,21,24,27,30,33,36-41,43,45-49H2,1-2H3,(H,68,73)/b7-5-,11-10-,14-13-,17-16-,20-19-,23-22-,26-25-,29-28-,32-31-,35-34-,44-42+. The van der Waals surface area contributed by atoms with Crippen molar-refractivity contribution in [3.05, 3.63) is 134 Å². The smallest absolute Gasteiger partial charge is 0.220 e. The van der Waals surface area contributed by atoms with Crippen LogP contribution in [0.4, 0.5) is 0 Å². The summed E-state index contributed by atoms with van der Waals surface area (Å²) in [6, 6.07) is -0.986. The molecule has 0 aliphatic carbocycles. The first kappa shape index (κ1) is 76.2. The van der Waals surface area contributed by atoms with Crippen LogP contribution in [-0.2, 0) is 33.2 Å². The number of hydrogen-bond donors (Lipinski definition) is 12. The van der Waals surface area contributed by atoms with Gasteiger partial charge in [-0.2, -0.15) is 0 Å². The second-order valence-electron chi connectivity index (χ2n) is 21.8. The molecule has 0 saturated carbocycles. The van der Waals surface area contributed by atoms with Gasteiger partial charge in [-0.05, 0) is 89.9 Å². The maximum atomic E-state index is 13.2. The minimum atomic E-state index is -1.98. The summed E-state index contributed by atoms with van der Waals surface area (Å²) in [5.41, 5.74) is 0. The van der Waals surface area contributed by atoms with Crippen LogP contribution in [0.15, 0.2) is 134 Å². The molecule has 0 radical (unpaired) electrons. The number of nitrogens with one attached hydrogen (secondary N) is 1. The third-order valence-corrected chi connectivity index (χ3v) is 14.7. The van der Waals surface area contributed by atoms with E-state index in [2.05, 4.69) is 134 Å². The fourth-order valence-corrected chi connectivity index (χ4v) is 9.55. The molecule has 3 aliphatic heterocycles. The molecule has 17 atom stereocenters. The van der Waals surface area contributed by atoms with Crippen molar-refractivity contribution in [2.24, 2.45) is 0 Å². The van der Waals surface area contributed by atoms with Crippen molar-refractivity contribution in [3.8, 4) is 0 Å². The van der Waals surface area contributed by atoms with Crippen LogP contribution in [0.2, 0.25) is 0 Å². The molecule has 0 aromatic carbocycles. The molecule has 0 spiro atoms. The molecule has 17 unspecified atom stereocenters. The van der Waals surface area contributed by atoms with Crippen LogP contribution < -0.4 is 5.32 Å². The summed E-state index contributed by atoms with van der Waals surface area (Å²) >= 11 is 0. The molecule has 3 aliphatic rings. The van der Waals surface area contributed by atoms with Crippen LogP contribution in [0.5, 0.6) is 0 Å². The Morgan fingerprint density at radius 1 is 0.430 bits per heavy atom. The van der Waals surface area contributed by atoms with Gasteiger partial charge >= 0.3 is 0 Å². The molecule has 19 heteroatoms. The number of unbranched alkanes of at least 4 members (excludes halogenated alkanes) is 8. The van der Waals surface area contributed by atoms with Crippen molar-refractivity contribution >= 4 is 5.91 Å². The van der Waals surface area contributed by atoms with Crippen LogP contribution >= 0.6 is 0 Å². The van der Waals surface area contributed by atoms with Gasteiger partial charge in [0.2, 0.25) is 5.91 Å². The van der Waals surface area contributed by atoms with Gasteiger partial charge in [-0.3, -0.25) is 4.79 Å².